The first-order valence-electron chi connectivity index (χ1n) is 5.97. The molecule has 0 atom stereocenters. The third-order valence-electron chi connectivity index (χ3n) is 3.17. The Kier molecular flexibility index (Phi) is 3.44. The van der Waals surface area contributed by atoms with Gasteiger partial charge in [0.25, 0.3) is 0 Å². The lowest BCUT2D eigenvalue weighted by molar-refractivity contribution is 0.463. The highest BCUT2D eigenvalue weighted by molar-refractivity contribution is 5.95. The van der Waals surface area contributed by atoms with Crippen LogP contribution in [0.15, 0.2) is 24.3 Å². The molecule has 0 heterocycles. The Morgan fingerprint density at radius 1 is 1.12 bits per heavy atom. The molecule has 0 amide bonds. The Balaban J connectivity index is 1.96. The van der Waals surface area contributed by atoms with Crippen molar-refractivity contribution in [3.63, 3.8) is 0 Å². The van der Waals surface area contributed by atoms with Gasteiger partial charge in [0.05, 0.1) is 0 Å². The highest BCUT2D eigenvalue weighted by Crippen LogP contribution is 2.21. The van der Waals surface area contributed by atoms with Gasteiger partial charge in [0.15, 0.2) is 0 Å². The number of nitrogens with one attached hydrogen (secondary N) is 2. The van der Waals surface area contributed by atoms with E-state index in [0.717, 1.165) is 11.3 Å². The zero-order valence-electron chi connectivity index (χ0n) is 9.50. The zero-order chi connectivity index (χ0) is 11.4. The molecular formula is C13H19N3. The van der Waals surface area contributed by atoms with E-state index in [2.05, 4.69) is 5.32 Å². The quantitative estimate of drug-likeness (QED) is 0.538. The number of nitrogens with two attached hydrogens (primary N) is 1. The minimum atomic E-state index is 0.129. The summed E-state index contributed by atoms with van der Waals surface area (Å²) in [5.41, 5.74) is 7.33. The Morgan fingerprint density at radius 2 is 1.75 bits per heavy atom. The van der Waals surface area contributed by atoms with Crippen molar-refractivity contribution < 1.29 is 0 Å². The number of hydrogen-bond donors (Lipinski definition) is 3. The van der Waals surface area contributed by atoms with Gasteiger partial charge in [0.2, 0.25) is 0 Å². The van der Waals surface area contributed by atoms with E-state index in [4.69, 9.17) is 11.1 Å². The summed E-state index contributed by atoms with van der Waals surface area (Å²) in [5, 5.41) is 10.9. The average molecular weight is 217 g/mol. The van der Waals surface area contributed by atoms with Crippen molar-refractivity contribution in [2.24, 2.45) is 5.73 Å². The van der Waals surface area contributed by atoms with Gasteiger partial charge in [0.1, 0.15) is 5.84 Å². The van der Waals surface area contributed by atoms with Gasteiger partial charge in [0, 0.05) is 17.3 Å². The number of rotatable bonds is 3. The molecule has 0 bridgehead atoms. The summed E-state index contributed by atoms with van der Waals surface area (Å²) in [4.78, 5) is 0. The van der Waals surface area contributed by atoms with E-state index in [9.17, 15) is 0 Å². The second kappa shape index (κ2) is 5.01. The van der Waals surface area contributed by atoms with Crippen LogP contribution in [0.5, 0.6) is 0 Å². The molecule has 3 heteroatoms. The Morgan fingerprint density at radius 3 is 2.31 bits per heavy atom. The zero-order valence-corrected chi connectivity index (χ0v) is 9.50. The summed E-state index contributed by atoms with van der Waals surface area (Å²) in [5.74, 6) is 0.129. The van der Waals surface area contributed by atoms with E-state index >= 15 is 0 Å². The molecule has 1 aromatic rings. The number of amidine groups is 1. The molecule has 1 fully saturated rings. The van der Waals surface area contributed by atoms with Crippen LogP contribution in [0, 0.1) is 5.41 Å². The maximum atomic E-state index is 7.32. The molecule has 16 heavy (non-hydrogen) atoms. The predicted molar refractivity (Wildman–Crippen MR) is 68.0 cm³/mol. The summed E-state index contributed by atoms with van der Waals surface area (Å²) in [6.45, 7) is 0. The van der Waals surface area contributed by atoms with Crippen molar-refractivity contribution in [2.75, 3.05) is 5.32 Å². The van der Waals surface area contributed by atoms with Gasteiger partial charge < -0.3 is 11.1 Å². The molecule has 1 aliphatic carbocycles. The molecule has 1 saturated carbocycles. The smallest absolute Gasteiger partial charge is 0.122 e. The fourth-order valence-corrected chi connectivity index (χ4v) is 2.23. The van der Waals surface area contributed by atoms with Crippen molar-refractivity contribution in [3.05, 3.63) is 29.8 Å². The predicted octanol–water partition coefficient (Wildman–Crippen LogP) is 2.72. The SMILES string of the molecule is N=C(N)c1ccc(NC2CCCCC2)cc1. The third-order valence-corrected chi connectivity index (χ3v) is 3.17. The van der Waals surface area contributed by atoms with E-state index in [1.165, 1.54) is 32.1 Å². The minimum absolute atomic E-state index is 0.129. The van der Waals surface area contributed by atoms with Crippen LogP contribution in [0.1, 0.15) is 37.7 Å². The summed E-state index contributed by atoms with van der Waals surface area (Å²) in [7, 11) is 0. The average Bonchev–Trinajstić information content (AvgIpc) is 2.31. The van der Waals surface area contributed by atoms with E-state index in [1.54, 1.807) is 0 Å². The van der Waals surface area contributed by atoms with Gasteiger partial charge >= 0.3 is 0 Å². The maximum Gasteiger partial charge on any atom is 0.122 e. The molecule has 3 nitrogen and oxygen atoms in total. The van der Waals surface area contributed by atoms with Gasteiger partial charge in [-0.3, -0.25) is 5.41 Å². The highest BCUT2D eigenvalue weighted by atomic mass is 14.9. The van der Waals surface area contributed by atoms with Gasteiger partial charge in [-0.2, -0.15) is 0 Å². The monoisotopic (exact) mass is 217 g/mol. The minimum Gasteiger partial charge on any atom is -0.384 e. The molecule has 1 aliphatic rings. The standard InChI is InChI=1S/C13H19N3/c14-13(15)10-6-8-12(9-7-10)16-11-4-2-1-3-5-11/h6-9,11,16H,1-5H2,(H3,14,15). The summed E-state index contributed by atoms with van der Waals surface area (Å²) in [6, 6.07) is 8.43. The first kappa shape index (κ1) is 11.0. The molecule has 0 spiro atoms. The van der Waals surface area contributed by atoms with Gasteiger partial charge in [-0.15, -0.1) is 0 Å². The van der Waals surface area contributed by atoms with Crippen LogP contribution < -0.4 is 11.1 Å². The maximum absolute atomic E-state index is 7.32. The van der Waals surface area contributed by atoms with Crippen LogP contribution in [0.25, 0.3) is 0 Å². The summed E-state index contributed by atoms with van der Waals surface area (Å²) < 4.78 is 0. The Hall–Kier alpha value is -1.51. The molecule has 1 aromatic carbocycles. The van der Waals surface area contributed by atoms with Crippen LogP contribution >= 0.6 is 0 Å². The number of hydrogen-bond acceptors (Lipinski definition) is 2. The summed E-state index contributed by atoms with van der Waals surface area (Å²) >= 11 is 0. The van der Waals surface area contributed by atoms with Crippen LogP contribution in [-0.2, 0) is 0 Å². The molecule has 86 valence electrons. The normalized spacial score (nSPS) is 17.0. The van der Waals surface area contributed by atoms with Gasteiger partial charge in [-0.25, -0.2) is 0 Å². The van der Waals surface area contributed by atoms with Gasteiger partial charge in [-0.1, -0.05) is 19.3 Å². The Labute approximate surface area is 96.6 Å². The molecule has 0 saturated heterocycles. The first-order chi connectivity index (χ1) is 7.75. The van der Waals surface area contributed by atoms with E-state index in [1.807, 2.05) is 24.3 Å². The second-order valence-electron chi connectivity index (χ2n) is 4.47. The third kappa shape index (κ3) is 2.75. The van der Waals surface area contributed by atoms with Crippen molar-refractivity contribution in [1.82, 2.24) is 0 Å². The second-order valence-corrected chi connectivity index (χ2v) is 4.47. The molecule has 0 aliphatic heterocycles. The largest absolute Gasteiger partial charge is 0.384 e. The molecule has 0 radical (unpaired) electrons. The van der Waals surface area contributed by atoms with Crippen LogP contribution in [-0.4, -0.2) is 11.9 Å². The number of anilines is 1. The van der Waals surface area contributed by atoms with Crippen molar-refractivity contribution in [1.29, 1.82) is 5.41 Å². The van der Waals surface area contributed by atoms with E-state index in [0.29, 0.717) is 6.04 Å². The van der Waals surface area contributed by atoms with Crippen LogP contribution in [0.4, 0.5) is 5.69 Å². The van der Waals surface area contributed by atoms with Crippen molar-refractivity contribution in [2.45, 2.75) is 38.1 Å². The lowest BCUT2D eigenvalue weighted by Crippen LogP contribution is -2.22. The van der Waals surface area contributed by atoms with Crippen molar-refractivity contribution >= 4 is 11.5 Å². The van der Waals surface area contributed by atoms with Gasteiger partial charge in [-0.05, 0) is 37.1 Å². The fraction of sp³-hybridized carbons (Fsp3) is 0.462. The summed E-state index contributed by atoms with van der Waals surface area (Å²) in [6.07, 6.45) is 6.59. The number of benzene rings is 1. The number of nitrogen functional groups attached to an aromatic ring is 1. The Bertz CT molecular complexity index is 350. The highest BCUT2D eigenvalue weighted by Gasteiger charge is 2.12. The van der Waals surface area contributed by atoms with Crippen LogP contribution in [0.3, 0.4) is 0 Å². The first-order valence-corrected chi connectivity index (χ1v) is 5.97. The van der Waals surface area contributed by atoms with E-state index in [-0.39, 0.29) is 5.84 Å². The van der Waals surface area contributed by atoms with Crippen LogP contribution in [0.2, 0.25) is 0 Å². The molecule has 4 N–H and O–H groups in total. The topological polar surface area (TPSA) is 61.9 Å². The molecule has 2 rings (SSSR count). The fourth-order valence-electron chi connectivity index (χ4n) is 2.23. The lowest BCUT2D eigenvalue weighted by atomic mass is 9.95. The molecule has 0 aromatic heterocycles. The van der Waals surface area contributed by atoms with Crippen molar-refractivity contribution in [3.8, 4) is 0 Å². The molecule has 0 unspecified atom stereocenters. The molecular weight excluding hydrogens is 198 g/mol. The van der Waals surface area contributed by atoms with E-state index < -0.39 is 0 Å². The lowest BCUT2D eigenvalue weighted by Gasteiger charge is -2.23.